The molecule has 2 aromatic rings. The molecule has 22 heavy (non-hydrogen) atoms. The second-order valence-electron chi connectivity index (χ2n) is 6.35. The highest BCUT2D eigenvalue weighted by atomic mass is 16.1. The molecule has 2 unspecified atom stereocenters. The first-order chi connectivity index (χ1) is 10.7. The summed E-state index contributed by atoms with van der Waals surface area (Å²) in [6.07, 6.45) is 2.93. The zero-order valence-electron chi connectivity index (χ0n) is 12.5. The molecule has 1 amide bonds. The Bertz CT molecular complexity index is 725. The van der Waals surface area contributed by atoms with Crippen LogP contribution in [0.3, 0.4) is 0 Å². The number of hydrogen-bond donors (Lipinski definition) is 2. The first-order valence-corrected chi connectivity index (χ1v) is 7.95. The molecule has 1 aliphatic heterocycles. The SMILES string of the molecule is NC(=O)C1Cc2ccccc2C([C@@H]2CCc3ccccc32)N1. The first-order valence-electron chi connectivity index (χ1n) is 7.95. The Morgan fingerprint density at radius 2 is 1.68 bits per heavy atom. The summed E-state index contributed by atoms with van der Waals surface area (Å²) < 4.78 is 0. The van der Waals surface area contributed by atoms with Crippen LogP contribution >= 0.6 is 0 Å². The number of nitrogens with two attached hydrogens (primary N) is 1. The van der Waals surface area contributed by atoms with Gasteiger partial charge in [0, 0.05) is 12.0 Å². The van der Waals surface area contributed by atoms with Crippen molar-refractivity contribution in [3.05, 3.63) is 70.8 Å². The molecule has 1 aliphatic carbocycles. The van der Waals surface area contributed by atoms with Crippen LogP contribution in [0.2, 0.25) is 0 Å². The fraction of sp³-hybridized carbons (Fsp3) is 0.316. The number of benzene rings is 2. The summed E-state index contributed by atoms with van der Waals surface area (Å²) in [5.41, 5.74) is 11.0. The number of hydrogen-bond acceptors (Lipinski definition) is 2. The van der Waals surface area contributed by atoms with E-state index in [0.717, 1.165) is 12.8 Å². The molecule has 3 atom stereocenters. The van der Waals surface area contributed by atoms with Gasteiger partial charge in [-0.15, -0.1) is 0 Å². The van der Waals surface area contributed by atoms with E-state index >= 15 is 0 Å². The van der Waals surface area contributed by atoms with Crippen LogP contribution in [0.1, 0.15) is 40.6 Å². The maximum atomic E-state index is 11.7. The van der Waals surface area contributed by atoms with Crippen molar-refractivity contribution in [3.8, 4) is 0 Å². The van der Waals surface area contributed by atoms with Gasteiger partial charge in [-0.05, 0) is 41.5 Å². The van der Waals surface area contributed by atoms with E-state index in [2.05, 4.69) is 47.8 Å². The zero-order valence-corrected chi connectivity index (χ0v) is 12.5. The van der Waals surface area contributed by atoms with Crippen molar-refractivity contribution in [1.29, 1.82) is 0 Å². The fourth-order valence-corrected chi connectivity index (χ4v) is 4.06. The first kappa shape index (κ1) is 13.5. The normalized spacial score (nSPS) is 26.3. The van der Waals surface area contributed by atoms with E-state index < -0.39 is 0 Å². The largest absolute Gasteiger partial charge is 0.368 e. The van der Waals surface area contributed by atoms with E-state index in [1.54, 1.807) is 0 Å². The predicted molar refractivity (Wildman–Crippen MR) is 86.5 cm³/mol. The molecule has 1 heterocycles. The minimum Gasteiger partial charge on any atom is -0.368 e. The zero-order chi connectivity index (χ0) is 15.1. The van der Waals surface area contributed by atoms with Gasteiger partial charge in [-0.2, -0.15) is 0 Å². The summed E-state index contributed by atoms with van der Waals surface area (Å²) in [7, 11) is 0. The van der Waals surface area contributed by atoms with E-state index in [4.69, 9.17) is 5.73 Å². The van der Waals surface area contributed by atoms with Gasteiger partial charge in [0.2, 0.25) is 5.91 Å². The lowest BCUT2D eigenvalue weighted by molar-refractivity contribution is -0.120. The van der Waals surface area contributed by atoms with Crippen molar-refractivity contribution in [2.75, 3.05) is 0 Å². The molecular formula is C19H20N2O. The molecule has 0 aromatic heterocycles. The molecular weight excluding hydrogens is 272 g/mol. The van der Waals surface area contributed by atoms with Crippen molar-refractivity contribution in [2.24, 2.45) is 5.73 Å². The standard InChI is InChI=1S/C19H20N2O/c20-19(22)17-11-13-6-2-4-8-15(13)18(21-17)16-10-9-12-5-1-3-7-14(12)16/h1-8,16-18,21H,9-11H2,(H2,20,22)/t16-,17?,18?/m1/s1. The van der Waals surface area contributed by atoms with Crippen LogP contribution in [-0.2, 0) is 17.6 Å². The van der Waals surface area contributed by atoms with Crippen LogP contribution in [0.5, 0.6) is 0 Å². The second kappa shape index (κ2) is 5.25. The van der Waals surface area contributed by atoms with Crippen LogP contribution in [0.15, 0.2) is 48.5 Å². The van der Waals surface area contributed by atoms with Gasteiger partial charge in [0.1, 0.15) is 0 Å². The third kappa shape index (κ3) is 2.13. The summed E-state index contributed by atoms with van der Waals surface area (Å²) in [4.78, 5) is 11.7. The molecule has 2 aliphatic rings. The average molecular weight is 292 g/mol. The molecule has 0 spiro atoms. The minimum absolute atomic E-state index is 0.172. The number of carbonyl (C=O) groups excluding carboxylic acids is 1. The molecule has 2 aromatic carbocycles. The third-order valence-electron chi connectivity index (χ3n) is 5.12. The van der Waals surface area contributed by atoms with Gasteiger partial charge in [-0.25, -0.2) is 0 Å². The summed E-state index contributed by atoms with van der Waals surface area (Å²) >= 11 is 0. The van der Waals surface area contributed by atoms with E-state index in [0.29, 0.717) is 12.3 Å². The minimum atomic E-state index is -0.271. The topological polar surface area (TPSA) is 55.1 Å². The molecule has 3 nitrogen and oxygen atoms in total. The van der Waals surface area contributed by atoms with Crippen molar-refractivity contribution in [1.82, 2.24) is 5.32 Å². The van der Waals surface area contributed by atoms with Crippen LogP contribution in [0.25, 0.3) is 0 Å². The Morgan fingerprint density at radius 1 is 1.00 bits per heavy atom. The van der Waals surface area contributed by atoms with Gasteiger partial charge in [0.25, 0.3) is 0 Å². The predicted octanol–water partition coefficient (Wildman–Crippen LogP) is 2.46. The van der Waals surface area contributed by atoms with Crippen molar-refractivity contribution < 1.29 is 4.79 Å². The summed E-state index contributed by atoms with van der Waals surface area (Å²) in [5, 5.41) is 3.52. The maximum absolute atomic E-state index is 11.7. The Balaban J connectivity index is 1.76. The molecule has 3 N–H and O–H groups in total. The Labute approximate surface area is 130 Å². The highest BCUT2D eigenvalue weighted by Gasteiger charge is 2.37. The molecule has 0 radical (unpaired) electrons. The number of nitrogens with one attached hydrogen (secondary N) is 1. The van der Waals surface area contributed by atoms with E-state index in [9.17, 15) is 4.79 Å². The van der Waals surface area contributed by atoms with Crippen LogP contribution in [0.4, 0.5) is 0 Å². The van der Waals surface area contributed by atoms with Gasteiger partial charge in [-0.1, -0.05) is 48.5 Å². The van der Waals surface area contributed by atoms with Gasteiger partial charge < -0.3 is 5.73 Å². The van der Waals surface area contributed by atoms with Crippen molar-refractivity contribution in [3.63, 3.8) is 0 Å². The van der Waals surface area contributed by atoms with Gasteiger partial charge in [0.15, 0.2) is 0 Å². The maximum Gasteiger partial charge on any atom is 0.234 e. The molecule has 112 valence electrons. The molecule has 0 bridgehead atoms. The van der Waals surface area contributed by atoms with E-state index in [1.165, 1.54) is 22.3 Å². The molecule has 4 rings (SSSR count). The van der Waals surface area contributed by atoms with E-state index in [1.807, 2.05) is 6.07 Å². The average Bonchev–Trinajstić information content (AvgIpc) is 2.97. The Morgan fingerprint density at radius 3 is 2.45 bits per heavy atom. The highest BCUT2D eigenvalue weighted by Crippen LogP contribution is 2.44. The van der Waals surface area contributed by atoms with E-state index in [-0.39, 0.29) is 18.0 Å². The Hall–Kier alpha value is -2.13. The van der Waals surface area contributed by atoms with Crippen LogP contribution < -0.4 is 11.1 Å². The quantitative estimate of drug-likeness (QED) is 0.893. The third-order valence-corrected chi connectivity index (χ3v) is 5.12. The molecule has 0 fully saturated rings. The highest BCUT2D eigenvalue weighted by molar-refractivity contribution is 5.80. The molecule has 0 saturated carbocycles. The molecule has 0 saturated heterocycles. The number of aryl methyl sites for hydroxylation is 1. The number of rotatable bonds is 2. The fourth-order valence-electron chi connectivity index (χ4n) is 4.06. The molecule has 3 heteroatoms. The van der Waals surface area contributed by atoms with Gasteiger partial charge in [-0.3, -0.25) is 10.1 Å². The van der Waals surface area contributed by atoms with Gasteiger partial charge in [0.05, 0.1) is 6.04 Å². The number of fused-ring (bicyclic) bond motifs is 2. The Kier molecular flexibility index (Phi) is 3.23. The number of amides is 1. The smallest absolute Gasteiger partial charge is 0.234 e. The summed E-state index contributed by atoms with van der Waals surface area (Å²) in [6.45, 7) is 0. The van der Waals surface area contributed by atoms with Crippen LogP contribution in [0, 0.1) is 0 Å². The van der Waals surface area contributed by atoms with Crippen molar-refractivity contribution in [2.45, 2.75) is 37.3 Å². The summed E-state index contributed by atoms with van der Waals surface area (Å²) in [5.74, 6) is 0.158. The lowest BCUT2D eigenvalue weighted by atomic mass is 9.81. The number of primary amides is 1. The van der Waals surface area contributed by atoms with Crippen LogP contribution in [-0.4, -0.2) is 11.9 Å². The number of carbonyl (C=O) groups is 1. The monoisotopic (exact) mass is 292 g/mol. The second-order valence-corrected chi connectivity index (χ2v) is 6.35. The van der Waals surface area contributed by atoms with Crippen molar-refractivity contribution >= 4 is 5.91 Å². The lowest BCUT2D eigenvalue weighted by Gasteiger charge is -2.35. The lowest BCUT2D eigenvalue weighted by Crippen LogP contribution is -2.49. The summed E-state index contributed by atoms with van der Waals surface area (Å²) in [6, 6.07) is 17.0. The van der Waals surface area contributed by atoms with Gasteiger partial charge >= 0.3 is 0 Å².